The molecule has 2 heterocycles. The molecule has 2 aliphatic rings. The average Bonchev–Trinajstić information content (AvgIpc) is 3.52. The highest BCUT2D eigenvalue weighted by molar-refractivity contribution is 6.00. The van der Waals surface area contributed by atoms with Gasteiger partial charge in [0.1, 0.15) is 12.6 Å². The number of nitrogens with zero attached hydrogens (tertiary/aromatic N) is 3. The Kier molecular flexibility index (Phi) is 4.98. The number of hydrogen-bond acceptors (Lipinski definition) is 2. The summed E-state index contributed by atoms with van der Waals surface area (Å²) in [4.78, 5) is 30.0. The number of rotatable bonds is 5. The third-order valence-electron chi connectivity index (χ3n) is 5.99. The lowest BCUT2D eigenvalue weighted by molar-refractivity contribution is -0.119. The number of benzene rings is 2. The molecule has 6 heteroatoms. The lowest BCUT2D eigenvalue weighted by atomic mass is 9.97. The molecule has 1 atom stereocenters. The average molecular weight is 415 g/mol. The van der Waals surface area contributed by atoms with Crippen LogP contribution < -0.4 is 10.2 Å². The summed E-state index contributed by atoms with van der Waals surface area (Å²) in [5.74, 6) is -0.0769. The molecule has 0 spiro atoms. The lowest BCUT2D eigenvalue weighted by Gasteiger charge is -2.39. The van der Waals surface area contributed by atoms with Crippen molar-refractivity contribution in [3.8, 4) is 5.69 Å². The highest BCUT2D eigenvalue weighted by atomic mass is 16.2. The van der Waals surface area contributed by atoms with E-state index >= 15 is 0 Å². The molecule has 0 unspecified atom stereocenters. The van der Waals surface area contributed by atoms with Crippen molar-refractivity contribution < 1.29 is 9.59 Å². The maximum Gasteiger partial charge on any atom is 0.318 e. The molecule has 0 bridgehead atoms. The Hall–Kier alpha value is -3.54. The molecule has 0 saturated heterocycles. The van der Waals surface area contributed by atoms with Crippen LogP contribution in [0.15, 0.2) is 72.9 Å². The maximum absolute atomic E-state index is 13.8. The van der Waals surface area contributed by atoms with Crippen LogP contribution in [0.5, 0.6) is 0 Å². The molecule has 1 fully saturated rings. The van der Waals surface area contributed by atoms with E-state index in [0.717, 1.165) is 35.5 Å². The van der Waals surface area contributed by atoms with Crippen molar-refractivity contribution in [2.45, 2.75) is 31.8 Å². The Morgan fingerprint density at radius 1 is 0.968 bits per heavy atom. The minimum absolute atomic E-state index is 0.0644. The van der Waals surface area contributed by atoms with E-state index in [9.17, 15) is 9.59 Å². The van der Waals surface area contributed by atoms with Crippen LogP contribution in [0.2, 0.25) is 0 Å². The number of nitrogens with one attached hydrogen (secondary N) is 1. The standard InChI is InChI=1S/C25H26N4O2/c1-2-26-25(31)28(19-14-15-19)17-23(30)29-21-12-7-6-11-20(21)27-16-8-13-22(27)24(29)18-9-4-3-5-10-18/h3-13,16,19,24H,2,14-15,17H2,1H3,(H,26,31)/t24-/m1/s1. The highest BCUT2D eigenvalue weighted by Crippen LogP contribution is 2.42. The van der Waals surface area contributed by atoms with Crippen molar-refractivity contribution in [1.82, 2.24) is 14.8 Å². The van der Waals surface area contributed by atoms with E-state index in [4.69, 9.17) is 0 Å². The number of urea groups is 1. The minimum Gasteiger partial charge on any atom is -0.338 e. The van der Waals surface area contributed by atoms with Crippen LogP contribution >= 0.6 is 0 Å². The smallest absolute Gasteiger partial charge is 0.318 e. The molecule has 31 heavy (non-hydrogen) atoms. The molecule has 0 radical (unpaired) electrons. The monoisotopic (exact) mass is 414 g/mol. The fourth-order valence-corrected chi connectivity index (χ4v) is 4.44. The van der Waals surface area contributed by atoms with Gasteiger partial charge < -0.3 is 14.8 Å². The molecule has 1 aliphatic heterocycles. The van der Waals surface area contributed by atoms with Gasteiger partial charge in [0.15, 0.2) is 0 Å². The molecule has 1 aromatic heterocycles. The summed E-state index contributed by atoms with van der Waals surface area (Å²) in [6, 6.07) is 21.9. The van der Waals surface area contributed by atoms with E-state index in [-0.39, 0.29) is 30.6 Å². The summed E-state index contributed by atoms with van der Waals surface area (Å²) >= 11 is 0. The number of carbonyl (C=O) groups is 2. The summed E-state index contributed by atoms with van der Waals surface area (Å²) in [5.41, 5.74) is 3.91. The van der Waals surface area contributed by atoms with Crippen molar-refractivity contribution >= 4 is 17.6 Å². The van der Waals surface area contributed by atoms with Crippen molar-refractivity contribution in [2.75, 3.05) is 18.0 Å². The second kappa shape index (κ2) is 7.95. The molecular formula is C25H26N4O2. The van der Waals surface area contributed by atoms with Gasteiger partial charge in [-0.05, 0) is 49.6 Å². The summed E-state index contributed by atoms with van der Waals surface area (Å²) in [5, 5.41) is 2.86. The summed E-state index contributed by atoms with van der Waals surface area (Å²) < 4.78 is 2.15. The second-order valence-electron chi connectivity index (χ2n) is 8.06. The highest BCUT2D eigenvalue weighted by Gasteiger charge is 2.39. The quantitative estimate of drug-likeness (QED) is 0.683. The second-order valence-corrected chi connectivity index (χ2v) is 8.06. The number of carbonyl (C=O) groups excluding carboxylic acids is 2. The van der Waals surface area contributed by atoms with Gasteiger partial charge >= 0.3 is 6.03 Å². The first-order chi connectivity index (χ1) is 15.2. The Morgan fingerprint density at radius 3 is 2.39 bits per heavy atom. The van der Waals surface area contributed by atoms with Gasteiger partial charge in [0.05, 0.1) is 17.1 Å². The van der Waals surface area contributed by atoms with Crippen LogP contribution in [0.3, 0.4) is 0 Å². The molecule has 6 nitrogen and oxygen atoms in total. The van der Waals surface area contributed by atoms with Gasteiger partial charge in [0.2, 0.25) is 5.91 Å². The van der Waals surface area contributed by atoms with Crippen molar-refractivity contribution in [2.24, 2.45) is 0 Å². The minimum atomic E-state index is -0.256. The van der Waals surface area contributed by atoms with Crippen LogP contribution in [-0.4, -0.2) is 40.5 Å². The number of amides is 3. The molecule has 1 saturated carbocycles. The first-order valence-corrected chi connectivity index (χ1v) is 10.9. The number of hydrogen-bond donors (Lipinski definition) is 1. The van der Waals surface area contributed by atoms with Crippen LogP contribution in [0.25, 0.3) is 5.69 Å². The summed E-state index contributed by atoms with van der Waals surface area (Å²) in [6.07, 6.45) is 3.94. The predicted octanol–water partition coefficient (Wildman–Crippen LogP) is 4.11. The number of aromatic nitrogens is 1. The van der Waals surface area contributed by atoms with Crippen molar-refractivity contribution in [3.05, 3.63) is 84.2 Å². The van der Waals surface area contributed by atoms with Gasteiger partial charge in [-0.15, -0.1) is 0 Å². The summed E-state index contributed by atoms with van der Waals surface area (Å²) in [6.45, 7) is 2.50. The zero-order valence-electron chi connectivity index (χ0n) is 17.6. The van der Waals surface area contributed by atoms with Crippen LogP contribution in [0, 0.1) is 0 Å². The fraction of sp³-hybridized carbons (Fsp3) is 0.280. The Bertz CT molecular complexity index is 1100. The first-order valence-electron chi connectivity index (χ1n) is 10.9. The SMILES string of the molecule is CCNC(=O)N(CC(=O)N1c2ccccc2-n2cccc2[C@H]1c1ccccc1)C1CC1. The van der Waals surface area contributed by atoms with Gasteiger partial charge in [-0.25, -0.2) is 4.79 Å². The molecule has 1 aliphatic carbocycles. The third kappa shape index (κ3) is 3.48. The zero-order valence-corrected chi connectivity index (χ0v) is 17.6. The fourth-order valence-electron chi connectivity index (χ4n) is 4.44. The molecular weight excluding hydrogens is 388 g/mol. The van der Waals surface area contributed by atoms with Crippen molar-refractivity contribution in [1.29, 1.82) is 0 Å². The van der Waals surface area contributed by atoms with Crippen LogP contribution in [0.1, 0.15) is 37.1 Å². The normalized spacial score (nSPS) is 16.9. The number of anilines is 1. The van der Waals surface area contributed by atoms with Gasteiger partial charge in [-0.3, -0.25) is 9.69 Å². The Balaban J connectivity index is 1.57. The molecule has 5 rings (SSSR count). The van der Waals surface area contributed by atoms with E-state index in [2.05, 4.69) is 28.1 Å². The van der Waals surface area contributed by atoms with E-state index in [1.165, 1.54) is 0 Å². The first kappa shape index (κ1) is 19.4. The Labute approximate surface area is 182 Å². The van der Waals surface area contributed by atoms with Gasteiger partial charge in [0.25, 0.3) is 0 Å². The number of para-hydroxylation sites is 2. The van der Waals surface area contributed by atoms with E-state index < -0.39 is 0 Å². The maximum atomic E-state index is 13.8. The van der Waals surface area contributed by atoms with Gasteiger partial charge in [0, 0.05) is 18.8 Å². The zero-order chi connectivity index (χ0) is 21.4. The largest absolute Gasteiger partial charge is 0.338 e. The van der Waals surface area contributed by atoms with Gasteiger partial charge in [-0.2, -0.15) is 0 Å². The van der Waals surface area contributed by atoms with Crippen LogP contribution in [-0.2, 0) is 4.79 Å². The number of fused-ring (bicyclic) bond motifs is 3. The predicted molar refractivity (Wildman–Crippen MR) is 120 cm³/mol. The molecule has 3 aromatic rings. The van der Waals surface area contributed by atoms with E-state index in [0.29, 0.717) is 6.54 Å². The molecule has 3 amide bonds. The molecule has 1 N–H and O–H groups in total. The van der Waals surface area contributed by atoms with E-state index in [1.54, 1.807) is 4.90 Å². The molecule has 2 aromatic carbocycles. The Morgan fingerprint density at radius 2 is 1.68 bits per heavy atom. The summed E-state index contributed by atoms with van der Waals surface area (Å²) in [7, 11) is 0. The third-order valence-corrected chi connectivity index (χ3v) is 5.99. The topological polar surface area (TPSA) is 57.6 Å². The molecule has 158 valence electrons. The van der Waals surface area contributed by atoms with Crippen molar-refractivity contribution in [3.63, 3.8) is 0 Å². The van der Waals surface area contributed by atoms with Gasteiger partial charge in [-0.1, -0.05) is 42.5 Å². The lowest BCUT2D eigenvalue weighted by Crippen LogP contribution is -2.49. The van der Waals surface area contributed by atoms with Crippen LogP contribution in [0.4, 0.5) is 10.5 Å². The van der Waals surface area contributed by atoms with E-state index in [1.807, 2.05) is 66.6 Å².